The average molecular weight is 404 g/mol. The lowest BCUT2D eigenvalue weighted by Gasteiger charge is -2.15. The first-order valence-corrected chi connectivity index (χ1v) is 8.23. The van der Waals surface area contributed by atoms with Gasteiger partial charge in [-0.1, -0.05) is 34.8 Å². The predicted molar refractivity (Wildman–Crippen MR) is 94.5 cm³/mol. The number of nitrogens with one attached hydrogen (secondary N) is 1. The molecule has 2 rings (SSSR count). The Bertz CT molecular complexity index is 832. The monoisotopic (exact) mass is 402 g/mol. The SMILES string of the molecule is CCOC(C)OC(=O)Nc1c(C#N)cnn1-c1ccc(Cl)c(Cl)c1Cl. The first-order valence-electron chi connectivity index (χ1n) is 7.10. The maximum atomic E-state index is 12.0. The van der Waals surface area contributed by atoms with Gasteiger partial charge in [-0.15, -0.1) is 0 Å². The summed E-state index contributed by atoms with van der Waals surface area (Å²) in [6.45, 7) is 3.73. The number of rotatable bonds is 5. The van der Waals surface area contributed by atoms with Gasteiger partial charge in [-0.2, -0.15) is 10.4 Å². The second-order valence-corrected chi connectivity index (χ2v) is 5.84. The highest BCUT2D eigenvalue weighted by Crippen LogP contribution is 2.36. The van der Waals surface area contributed by atoms with Gasteiger partial charge in [0.25, 0.3) is 0 Å². The van der Waals surface area contributed by atoms with Crippen molar-refractivity contribution in [3.8, 4) is 11.8 Å². The third-order valence-corrected chi connectivity index (χ3v) is 4.31. The Kier molecular flexibility index (Phi) is 6.51. The quantitative estimate of drug-likeness (QED) is 0.580. The van der Waals surface area contributed by atoms with Gasteiger partial charge in [-0.25, -0.2) is 9.48 Å². The van der Waals surface area contributed by atoms with Crippen molar-refractivity contribution in [2.24, 2.45) is 0 Å². The topological polar surface area (TPSA) is 89.2 Å². The van der Waals surface area contributed by atoms with Gasteiger partial charge in [0.1, 0.15) is 11.6 Å². The van der Waals surface area contributed by atoms with E-state index in [9.17, 15) is 10.1 Å². The molecular formula is C15H13Cl3N4O3. The molecule has 1 atom stereocenters. The van der Waals surface area contributed by atoms with Crippen molar-refractivity contribution in [1.29, 1.82) is 5.26 Å². The molecule has 1 unspecified atom stereocenters. The lowest BCUT2D eigenvalue weighted by molar-refractivity contribution is -0.0827. The Morgan fingerprint density at radius 1 is 1.40 bits per heavy atom. The number of hydrogen-bond acceptors (Lipinski definition) is 5. The van der Waals surface area contributed by atoms with Crippen molar-refractivity contribution in [2.75, 3.05) is 11.9 Å². The molecule has 7 nitrogen and oxygen atoms in total. The maximum absolute atomic E-state index is 12.0. The fourth-order valence-electron chi connectivity index (χ4n) is 1.96. The standard InChI is InChI=1S/C15H13Cl3N4O3/c1-3-24-8(2)25-15(23)21-14-9(6-19)7-20-22(14)11-5-4-10(16)12(17)13(11)18/h4-5,7-8H,3H2,1-2H3,(H,21,23). The van der Waals surface area contributed by atoms with Crippen molar-refractivity contribution in [3.05, 3.63) is 39.0 Å². The molecule has 0 aliphatic carbocycles. The van der Waals surface area contributed by atoms with Crippen LogP contribution in [0.1, 0.15) is 19.4 Å². The van der Waals surface area contributed by atoms with Gasteiger partial charge in [0.05, 0.1) is 27.0 Å². The number of anilines is 1. The summed E-state index contributed by atoms with van der Waals surface area (Å²) in [6.07, 6.45) is -0.281. The van der Waals surface area contributed by atoms with Gasteiger partial charge in [-0.3, -0.25) is 5.32 Å². The minimum atomic E-state index is -0.810. The molecule has 1 heterocycles. The zero-order valence-electron chi connectivity index (χ0n) is 13.2. The largest absolute Gasteiger partial charge is 0.420 e. The van der Waals surface area contributed by atoms with E-state index in [-0.39, 0.29) is 26.4 Å². The Balaban J connectivity index is 2.37. The molecule has 0 bridgehead atoms. The molecule has 0 aliphatic heterocycles. The number of amides is 1. The summed E-state index contributed by atoms with van der Waals surface area (Å²) >= 11 is 18.1. The number of nitriles is 1. The van der Waals surface area contributed by atoms with Crippen molar-refractivity contribution < 1.29 is 14.3 Å². The van der Waals surface area contributed by atoms with Gasteiger partial charge < -0.3 is 9.47 Å². The Labute approximate surface area is 159 Å². The summed E-state index contributed by atoms with van der Waals surface area (Å²) in [4.78, 5) is 12.0. The first-order chi connectivity index (χ1) is 11.9. The molecule has 0 radical (unpaired) electrons. The Morgan fingerprint density at radius 3 is 2.76 bits per heavy atom. The predicted octanol–water partition coefficient (Wildman–Crippen LogP) is 4.64. The van der Waals surface area contributed by atoms with Crippen molar-refractivity contribution in [1.82, 2.24) is 9.78 Å². The van der Waals surface area contributed by atoms with Gasteiger partial charge in [0.15, 0.2) is 5.82 Å². The highest BCUT2D eigenvalue weighted by molar-refractivity contribution is 6.48. The lowest BCUT2D eigenvalue weighted by Crippen LogP contribution is -2.24. The number of halogens is 3. The number of aromatic nitrogens is 2. The van der Waals surface area contributed by atoms with E-state index in [2.05, 4.69) is 10.4 Å². The van der Waals surface area contributed by atoms with Crippen molar-refractivity contribution in [3.63, 3.8) is 0 Å². The molecule has 1 aromatic heterocycles. The minimum Gasteiger partial charge on any atom is -0.420 e. The van der Waals surface area contributed by atoms with Crippen LogP contribution in [-0.4, -0.2) is 28.8 Å². The van der Waals surface area contributed by atoms with Crippen LogP contribution in [0.15, 0.2) is 18.3 Å². The summed E-state index contributed by atoms with van der Waals surface area (Å²) in [5, 5.41) is 16.3. The fraction of sp³-hybridized carbons (Fsp3) is 0.267. The van der Waals surface area contributed by atoms with Crippen LogP contribution in [0.3, 0.4) is 0 Å². The summed E-state index contributed by atoms with van der Waals surface area (Å²) in [7, 11) is 0. The van der Waals surface area contributed by atoms with E-state index in [0.717, 1.165) is 0 Å². The molecule has 10 heteroatoms. The summed E-state index contributed by atoms with van der Waals surface area (Å²) in [5.41, 5.74) is 0.453. The zero-order valence-corrected chi connectivity index (χ0v) is 15.5. The fourth-order valence-corrected chi connectivity index (χ4v) is 2.57. The van der Waals surface area contributed by atoms with E-state index in [1.165, 1.54) is 16.9 Å². The number of carbonyl (C=O) groups is 1. The minimum absolute atomic E-state index is 0.0801. The first kappa shape index (κ1) is 19.3. The van der Waals surface area contributed by atoms with E-state index in [4.69, 9.17) is 44.3 Å². The number of ether oxygens (including phenoxy) is 2. The van der Waals surface area contributed by atoms with E-state index in [1.807, 2.05) is 6.07 Å². The van der Waals surface area contributed by atoms with Gasteiger partial charge in [0.2, 0.25) is 6.29 Å². The molecule has 1 N–H and O–H groups in total. The summed E-state index contributed by atoms with van der Waals surface area (Å²) < 4.78 is 11.4. The smallest absolute Gasteiger partial charge is 0.415 e. The molecule has 1 amide bonds. The van der Waals surface area contributed by atoms with Crippen LogP contribution in [0.25, 0.3) is 5.69 Å². The summed E-state index contributed by atoms with van der Waals surface area (Å²) in [5.74, 6) is 0.0801. The van der Waals surface area contributed by atoms with Crippen LogP contribution in [0, 0.1) is 11.3 Å². The zero-order chi connectivity index (χ0) is 18.6. The van der Waals surface area contributed by atoms with Gasteiger partial charge >= 0.3 is 6.09 Å². The Hall–Kier alpha value is -1.98. The Morgan fingerprint density at radius 2 is 2.12 bits per heavy atom. The average Bonchev–Trinajstić information content (AvgIpc) is 2.95. The molecule has 0 saturated heterocycles. The highest BCUT2D eigenvalue weighted by Gasteiger charge is 2.20. The number of benzene rings is 1. The molecule has 1 aromatic carbocycles. The normalized spacial score (nSPS) is 11.7. The molecule has 0 aliphatic rings. The van der Waals surface area contributed by atoms with Gasteiger partial charge in [0, 0.05) is 6.61 Å². The van der Waals surface area contributed by atoms with E-state index < -0.39 is 12.4 Å². The lowest BCUT2D eigenvalue weighted by atomic mass is 10.3. The number of hydrogen-bond donors (Lipinski definition) is 1. The van der Waals surface area contributed by atoms with Crippen LogP contribution in [0.5, 0.6) is 0 Å². The van der Waals surface area contributed by atoms with Crippen LogP contribution in [0.4, 0.5) is 10.6 Å². The molecule has 132 valence electrons. The molecule has 25 heavy (non-hydrogen) atoms. The van der Waals surface area contributed by atoms with Crippen molar-refractivity contribution >= 4 is 46.7 Å². The second-order valence-electron chi connectivity index (χ2n) is 4.68. The van der Waals surface area contributed by atoms with Crippen LogP contribution in [0.2, 0.25) is 15.1 Å². The van der Waals surface area contributed by atoms with E-state index in [1.54, 1.807) is 19.9 Å². The molecule has 0 saturated carbocycles. The van der Waals surface area contributed by atoms with Crippen LogP contribution >= 0.6 is 34.8 Å². The highest BCUT2D eigenvalue weighted by atomic mass is 35.5. The molecular weight excluding hydrogens is 391 g/mol. The van der Waals surface area contributed by atoms with E-state index >= 15 is 0 Å². The second kappa shape index (κ2) is 8.41. The van der Waals surface area contributed by atoms with Crippen LogP contribution < -0.4 is 5.32 Å². The van der Waals surface area contributed by atoms with Crippen molar-refractivity contribution in [2.45, 2.75) is 20.1 Å². The third kappa shape index (κ3) is 4.35. The number of carbonyl (C=O) groups excluding carboxylic acids is 1. The summed E-state index contributed by atoms with van der Waals surface area (Å²) in [6, 6.07) is 5.01. The maximum Gasteiger partial charge on any atom is 0.415 e. The molecule has 0 fully saturated rings. The number of nitrogens with zero attached hydrogens (tertiary/aromatic N) is 3. The van der Waals surface area contributed by atoms with E-state index in [0.29, 0.717) is 12.3 Å². The van der Waals surface area contributed by atoms with Gasteiger partial charge in [-0.05, 0) is 26.0 Å². The molecule has 0 spiro atoms. The van der Waals surface area contributed by atoms with Crippen LogP contribution in [-0.2, 0) is 9.47 Å². The third-order valence-electron chi connectivity index (χ3n) is 3.03. The molecule has 2 aromatic rings.